The third-order valence-corrected chi connectivity index (χ3v) is 6.03. The lowest BCUT2D eigenvalue weighted by Gasteiger charge is -2.31. The fourth-order valence-corrected chi connectivity index (χ4v) is 4.23. The Balaban J connectivity index is 1.43. The van der Waals surface area contributed by atoms with Crippen molar-refractivity contribution in [1.82, 2.24) is 19.4 Å². The number of hydrogen-bond acceptors (Lipinski definition) is 5. The van der Waals surface area contributed by atoms with Gasteiger partial charge in [-0.25, -0.2) is 9.78 Å². The zero-order valence-corrected chi connectivity index (χ0v) is 18.4. The van der Waals surface area contributed by atoms with E-state index in [1.807, 2.05) is 31.2 Å². The Morgan fingerprint density at radius 2 is 2.10 bits per heavy atom. The standard InChI is InChI=1S/C23H25ClN4O3/c1-15-10-16(2)28(23(30)26-15)14-21(29)27-9-5-7-18(13-27)22-25-12-19(31-22)11-17-6-3-4-8-20(17)24/h3-4,6,8,10,12,18H,5,7,9,11,13-14H2,1-2H3. The van der Waals surface area contributed by atoms with Gasteiger partial charge in [0.2, 0.25) is 5.91 Å². The van der Waals surface area contributed by atoms with Crippen LogP contribution in [0, 0.1) is 13.8 Å². The predicted octanol–water partition coefficient (Wildman–Crippen LogP) is 3.50. The molecule has 1 atom stereocenters. The summed E-state index contributed by atoms with van der Waals surface area (Å²) in [6.45, 7) is 4.77. The van der Waals surface area contributed by atoms with Gasteiger partial charge in [-0.1, -0.05) is 29.8 Å². The molecule has 0 spiro atoms. The summed E-state index contributed by atoms with van der Waals surface area (Å²) in [5, 5.41) is 0.700. The van der Waals surface area contributed by atoms with Gasteiger partial charge < -0.3 is 9.32 Å². The normalized spacial score (nSPS) is 16.5. The first-order valence-corrected chi connectivity index (χ1v) is 10.8. The number of benzene rings is 1. The van der Waals surface area contributed by atoms with Crippen LogP contribution in [0.15, 0.2) is 45.7 Å². The maximum atomic E-state index is 12.9. The third-order valence-electron chi connectivity index (χ3n) is 5.66. The number of piperidine rings is 1. The zero-order valence-electron chi connectivity index (χ0n) is 17.7. The van der Waals surface area contributed by atoms with Gasteiger partial charge in [0, 0.05) is 35.9 Å². The zero-order chi connectivity index (χ0) is 22.0. The molecule has 1 fully saturated rings. The van der Waals surface area contributed by atoms with Gasteiger partial charge in [-0.15, -0.1) is 0 Å². The van der Waals surface area contributed by atoms with Crippen molar-refractivity contribution in [2.75, 3.05) is 13.1 Å². The molecule has 0 bridgehead atoms. The Hall–Kier alpha value is -2.93. The number of halogens is 1. The molecule has 1 saturated heterocycles. The van der Waals surface area contributed by atoms with Crippen molar-refractivity contribution in [2.45, 2.75) is 45.6 Å². The van der Waals surface area contributed by atoms with Gasteiger partial charge in [-0.05, 0) is 44.4 Å². The van der Waals surface area contributed by atoms with Gasteiger partial charge in [-0.3, -0.25) is 9.36 Å². The summed E-state index contributed by atoms with van der Waals surface area (Å²) in [5.41, 5.74) is 1.98. The van der Waals surface area contributed by atoms with E-state index in [4.69, 9.17) is 16.0 Å². The highest BCUT2D eigenvalue weighted by Gasteiger charge is 2.28. The minimum Gasteiger partial charge on any atom is -0.445 e. The number of amides is 1. The highest BCUT2D eigenvalue weighted by Crippen LogP contribution is 2.28. The van der Waals surface area contributed by atoms with E-state index < -0.39 is 5.69 Å². The SMILES string of the molecule is Cc1cc(C)n(CC(=O)N2CCCC(c3ncc(Cc4ccccc4Cl)o3)C2)c(=O)n1. The van der Waals surface area contributed by atoms with E-state index in [-0.39, 0.29) is 18.4 Å². The number of aromatic nitrogens is 3. The summed E-state index contributed by atoms with van der Waals surface area (Å²) < 4.78 is 7.43. The summed E-state index contributed by atoms with van der Waals surface area (Å²) in [6, 6.07) is 9.47. The van der Waals surface area contributed by atoms with Crippen molar-refractivity contribution in [1.29, 1.82) is 0 Å². The van der Waals surface area contributed by atoms with Crippen LogP contribution in [0.5, 0.6) is 0 Å². The number of aryl methyl sites for hydroxylation is 2. The first-order valence-electron chi connectivity index (χ1n) is 10.4. The van der Waals surface area contributed by atoms with E-state index in [0.29, 0.717) is 36.1 Å². The van der Waals surface area contributed by atoms with Crippen molar-refractivity contribution < 1.29 is 9.21 Å². The fraction of sp³-hybridized carbons (Fsp3) is 0.391. The fourth-order valence-electron chi connectivity index (χ4n) is 4.03. The lowest BCUT2D eigenvalue weighted by molar-refractivity contribution is -0.133. The minimum atomic E-state index is -0.392. The Morgan fingerprint density at radius 3 is 2.87 bits per heavy atom. The summed E-state index contributed by atoms with van der Waals surface area (Å²) in [4.78, 5) is 35.3. The predicted molar refractivity (Wildman–Crippen MR) is 117 cm³/mol. The molecule has 1 aromatic carbocycles. The number of oxazole rings is 1. The number of nitrogens with zero attached hydrogens (tertiary/aromatic N) is 4. The van der Waals surface area contributed by atoms with E-state index >= 15 is 0 Å². The molecule has 2 aromatic heterocycles. The van der Waals surface area contributed by atoms with Crippen LogP contribution in [0.25, 0.3) is 0 Å². The molecule has 1 aliphatic rings. The summed E-state index contributed by atoms with van der Waals surface area (Å²) in [5.74, 6) is 1.33. The van der Waals surface area contributed by atoms with E-state index in [2.05, 4.69) is 9.97 Å². The van der Waals surface area contributed by atoms with Crippen LogP contribution >= 0.6 is 11.6 Å². The monoisotopic (exact) mass is 440 g/mol. The van der Waals surface area contributed by atoms with Crippen LogP contribution in [0.2, 0.25) is 5.02 Å². The van der Waals surface area contributed by atoms with Crippen LogP contribution in [0.3, 0.4) is 0 Å². The van der Waals surface area contributed by atoms with Crippen LogP contribution in [-0.2, 0) is 17.8 Å². The molecular weight excluding hydrogens is 416 g/mol. The molecule has 4 rings (SSSR count). The Bertz CT molecular complexity index is 1150. The molecule has 162 valence electrons. The van der Waals surface area contributed by atoms with Gasteiger partial charge in [0.05, 0.1) is 12.1 Å². The number of hydrogen-bond donors (Lipinski definition) is 0. The first-order chi connectivity index (χ1) is 14.9. The molecule has 1 amide bonds. The van der Waals surface area contributed by atoms with Gasteiger partial charge in [0.25, 0.3) is 0 Å². The minimum absolute atomic E-state index is 0.00595. The molecule has 31 heavy (non-hydrogen) atoms. The van der Waals surface area contributed by atoms with E-state index in [1.54, 1.807) is 24.1 Å². The highest BCUT2D eigenvalue weighted by molar-refractivity contribution is 6.31. The average molecular weight is 441 g/mol. The number of carbonyl (C=O) groups is 1. The third kappa shape index (κ3) is 4.88. The second-order valence-electron chi connectivity index (χ2n) is 8.02. The van der Waals surface area contributed by atoms with Crippen molar-refractivity contribution in [3.8, 4) is 0 Å². The summed E-state index contributed by atoms with van der Waals surface area (Å²) in [6.07, 6.45) is 4.07. The maximum absolute atomic E-state index is 12.9. The van der Waals surface area contributed by atoms with Crippen LogP contribution in [0.4, 0.5) is 0 Å². The summed E-state index contributed by atoms with van der Waals surface area (Å²) >= 11 is 6.25. The van der Waals surface area contributed by atoms with Crippen LogP contribution in [-0.4, -0.2) is 38.4 Å². The first kappa shape index (κ1) is 21.3. The Labute approximate surface area is 185 Å². The smallest absolute Gasteiger partial charge is 0.348 e. The molecular formula is C23H25ClN4O3. The second kappa shape index (κ2) is 9.06. The quantitative estimate of drug-likeness (QED) is 0.606. The average Bonchev–Trinajstić information content (AvgIpc) is 3.21. The van der Waals surface area contributed by atoms with E-state index in [0.717, 1.165) is 29.9 Å². The van der Waals surface area contributed by atoms with Crippen molar-refractivity contribution in [2.24, 2.45) is 0 Å². The van der Waals surface area contributed by atoms with Gasteiger partial charge in [-0.2, -0.15) is 4.98 Å². The Kier molecular flexibility index (Phi) is 6.23. The molecule has 3 heterocycles. The molecule has 1 unspecified atom stereocenters. The van der Waals surface area contributed by atoms with Crippen LogP contribution < -0.4 is 5.69 Å². The van der Waals surface area contributed by atoms with Gasteiger partial charge in [0.1, 0.15) is 12.3 Å². The molecule has 0 saturated carbocycles. The van der Waals surface area contributed by atoms with Gasteiger partial charge >= 0.3 is 5.69 Å². The maximum Gasteiger partial charge on any atom is 0.348 e. The number of likely N-dealkylation sites (tertiary alicyclic amines) is 1. The largest absolute Gasteiger partial charge is 0.445 e. The molecule has 3 aromatic rings. The summed E-state index contributed by atoms with van der Waals surface area (Å²) in [7, 11) is 0. The van der Waals surface area contributed by atoms with Crippen LogP contribution in [0.1, 0.15) is 47.4 Å². The molecule has 8 heteroatoms. The van der Waals surface area contributed by atoms with Crippen molar-refractivity contribution in [3.63, 3.8) is 0 Å². The number of carbonyl (C=O) groups excluding carboxylic acids is 1. The lowest BCUT2D eigenvalue weighted by atomic mass is 9.98. The molecule has 7 nitrogen and oxygen atoms in total. The van der Waals surface area contributed by atoms with E-state index in [1.165, 1.54) is 4.57 Å². The van der Waals surface area contributed by atoms with Crippen molar-refractivity contribution >= 4 is 17.5 Å². The lowest BCUT2D eigenvalue weighted by Crippen LogP contribution is -2.42. The topological polar surface area (TPSA) is 81.2 Å². The van der Waals surface area contributed by atoms with Crippen molar-refractivity contribution in [3.05, 3.63) is 80.6 Å². The van der Waals surface area contributed by atoms with E-state index in [9.17, 15) is 9.59 Å². The molecule has 0 aliphatic carbocycles. The number of rotatable bonds is 5. The molecule has 1 aliphatic heterocycles. The second-order valence-corrected chi connectivity index (χ2v) is 8.43. The molecule has 0 radical (unpaired) electrons. The highest BCUT2D eigenvalue weighted by atomic mass is 35.5. The molecule has 0 N–H and O–H groups in total. The van der Waals surface area contributed by atoms with Gasteiger partial charge in [0.15, 0.2) is 5.89 Å². The Morgan fingerprint density at radius 1 is 1.29 bits per heavy atom.